The summed E-state index contributed by atoms with van der Waals surface area (Å²) in [6, 6.07) is 15.1. The first-order valence-corrected chi connectivity index (χ1v) is 7.53. The van der Waals surface area contributed by atoms with Crippen LogP contribution in [0.1, 0.15) is 0 Å². The number of anilines is 2. The summed E-state index contributed by atoms with van der Waals surface area (Å²) in [5.41, 5.74) is 3.22. The van der Waals surface area contributed by atoms with Crippen molar-refractivity contribution in [2.75, 3.05) is 17.3 Å². The van der Waals surface area contributed by atoms with Crippen LogP contribution in [0.4, 0.5) is 11.4 Å². The van der Waals surface area contributed by atoms with Crippen molar-refractivity contribution in [1.82, 2.24) is 0 Å². The molecular formula is C19H14N2O3. The normalized spacial score (nSPS) is 14.0. The van der Waals surface area contributed by atoms with E-state index in [0.717, 1.165) is 32.9 Å². The maximum atomic E-state index is 11.7. The summed E-state index contributed by atoms with van der Waals surface area (Å²) in [5, 5.41) is 4.10. The molecule has 4 rings (SSSR count). The molecule has 0 aliphatic carbocycles. The Bertz CT molecular complexity index is 966. The SMILES string of the molecule is CNc1ccc2cc(-c3ccc(N4C(=O)C=CC4=O)cc3)oc2c1. The summed E-state index contributed by atoms with van der Waals surface area (Å²) >= 11 is 0. The summed E-state index contributed by atoms with van der Waals surface area (Å²) in [7, 11) is 1.86. The molecule has 0 atom stereocenters. The number of carbonyl (C=O) groups excluding carboxylic acids is 2. The monoisotopic (exact) mass is 318 g/mol. The summed E-state index contributed by atoms with van der Waals surface area (Å²) in [4.78, 5) is 24.6. The lowest BCUT2D eigenvalue weighted by Gasteiger charge is -2.13. The second-order valence-corrected chi connectivity index (χ2v) is 5.51. The molecule has 0 fully saturated rings. The van der Waals surface area contributed by atoms with E-state index in [2.05, 4.69) is 5.32 Å². The molecule has 0 saturated heterocycles. The summed E-state index contributed by atoms with van der Waals surface area (Å²) in [6.45, 7) is 0. The van der Waals surface area contributed by atoms with E-state index < -0.39 is 0 Å². The minimum Gasteiger partial charge on any atom is -0.456 e. The summed E-state index contributed by atoms with van der Waals surface area (Å²) in [5.74, 6) is 0.0918. The molecule has 3 aromatic rings. The number of furan rings is 1. The van der Waals surface area contributed by atoms with Gasteiger partial charge >= 0.3 is 0 Å². The van der Waals surface area contributed by atoms with Gasteiger partial charge < -0.3 is 9.73 Å². The molecule has 0 unspecified atom stereocenters. The van der Waals surface area contributed by atoms with Crippen LogP contribution in [0.3, 0.4) is 0 Å². The molecule has 0 saturated carbocycles. The van der Waals surface area contributed by atoms with Gasteiger partial charge in [0.15, 0.2) is 0 Å². The zero-order valence-corrected chi connectivity index (χ0v) is 12.9. The van der Waals surface area contributed by atoms with Crippen LogP contribution >= 0.6 is 0 Å². The first-order valence-electron chi connectivity index (χ1n) is 7.53. The topological polar surface area (TPSA) is 62.6 Å². The average molecular weight is 318 g/mol. The Hall–Kier alpha value is -3.34. The van der Waals surface area contributed by atoms with E-state index in [1.165, 1.54) is 12.2 Å². The molecule has 1 aromatic heterocycles. The highest BCUT2D eigenvalue weighted by molar-refractivity contribution is 6.28. The Labute approximate surface area is 138 Å². The minimum atomic E-state index is -0.323. The van der Waals surface area contributed by atoms with E-state index in [1.54, 1.807) is 12.1 Å². The molecule has 1 N–H and O–H groups in total. The molecular weight excluding hydrogens is 304 g/mol. The van der Waals surface area contributed by atoms with E-state index >= 15 is 0 Å². The number of carbonyl (C=O) groups is 2. The van der Waals surface area contributed by atoms with Gasteiger partial charge in [-0.3, -0.25) is 9.59 Å². The number of hydrogen-bond acceptors (Lipinski definition) is 4. The lowest BCUT2D eigenvalue weighted by Crippen LogP contribution is -2.29. The van der Waals surface area contributed by atoms with Crippen LogP contribution in [0, 0.1) is 0 Å². The number of hydrogen-bond donors (Lipinski definition) is 1. The van der Waals surface area contributed by atoms with Crippen LogP contribution in [-0.4, -0.2) is 18.9 Å². The number of rotatable bonds is 3. The number of fused-ring (bicyclic) bond motifs is 1. The van der Waals surface area contributed by atoms with Gasteiger partial charge in [0, 0.05) is 41.9 Å². The van der Waals surface area contributed by atoms with E-state index in [-0.39, 0.29) is 11.8 Å². The summed E-state index contributed by atoms with van der Waals surface area (Å²) in [6.07, 6.45) is 2.55. The highest BCUT2D eigenvalue weighted by Crippen LogP contribution is 2.31. The molecule has 5 nitrogen and oxygen atoms in total. The minimum absolute atomic E-state index is 0.323. The van der Waals surface area contributed by atoms with Gasteiger partial charge in [-0.2, -0.15) is 0 Å². The Morgan fingerprint density at radius 2 is 1.62 bits per heavy atom. The van der Waals surface area contributed by atoms with Crippen LogP contribution in [-0.2, 0) is 9.59 Å². The fourth-order valence-corrected chi connectivity index (χ4v) is 2.76. The molecule has 1 aliphatic rings. The van der Waals surface area contributed by atoms with Gasteiger partial charge in [0.25, 0.3) is 11.8 Å². The first-order chi connectivity index (χ1) is 11.7. The van der Waals surface area contributed by atoms with Crippen molar-refractivity contribution in [3.8, 4) is 11.3 Å². The van der Waals surface area contributed by atoms with E-state index in [4.69, 9.17) is 4.42 Å². The van der Waals surface area contributed by atoms with Crippen LogP contribution in [0.2, 0.25) is 0 Å². The van der Waals surface area contributed by atoms with Gasteiger partial charge in [0.05, 0.1) is 5.69 Å². The van der Waals surface area contributed by atoms with Crippen molar-refractivity contribution in [2.45, 2.75) is 0 Å². The molecule has 0 spiro atoms. The number of benzene rings is 2. The van der Waals surface area contributed by atoms with E-state index in [1.807, 2.05) is 43.4 Å². The molecule has 24 heavy (non-hydrogen) atoms. The van der Waals surface area contributed by atoms with Gasteiger partial charge in [0.2, 0.25) is 0 Å². The maximum absolute atomic E-state index is 11.7. The number of amides is 2. The molecule has 2 aromatic carbocycles. The van der Waals surface area contributed by atoms with Crippen LogP contribution in [0.15, 0.2) is 65.1 Å². The van der Waals surface area contributed by atoms with Crippen molar-refractivity contribution >= 4 is 34.2 Å². The second-order valence-electron chi connectivity index (χ2n) is 5.51. The Morgan fingerprint density at radius 1 is 0.917 bits per heavy atom. The largest absolute Gasteiger partial charge is 0.456 e. The quantitative estimate of drug-likeness (QED) is 0.750. The lowest BCUT2D eigenvalue weighted by atomic mass is 10.1. The Kier molecular flexibility index (Phi) is 3.20. The Balaban J connectivity index is 1.68. The third-order valence-electron chi connectivity index (χ3n) is 4.03. The summed E-state index contributed by atoms with van der Waals surface area (Å²) < 4.78 is 5.90. The number of imide groups is 1. The van der Waals surface area contributed by atoms with Crippen molar-refractivity contribution in [2.24, 2.45) is 0 Å². The standard InChI is InChI=1S/C19H14N2O3/c1-20-14-5-2-13-10-16(24-17(13)11-14)12-3-6-15(7-4-12)21-18(22)8-9-19(21)23/h2-11,20H,1H3. The van der Waals surface area contributed by atoms with Crippen LogP contribution in [0.25, 0.3) is 22.3 Å². The fourth-order valence-electron chi connectivity index (χ4n) is 2.76. The molecule has 2 heterocycles. The highest BCUT2D eigenvalue weighted by atomic mass is 16.3. The second kappa shape index (κ2) is 5.38. The van der Waals surface area contributed by atoms with Crippen LogP contribution < -0.4 is 10.2 Å². The highest BCUT2D eigenvalue weighted by Gasteiger charge is 2.24. The van der Waals surface area contributed by atoms with Gasteiger partial charge in [-0.25, -0.2) is 4.90 Å². The average Bonchev–Trinajstić information content (AvgIpc) is 3.17. The predicted molar refractivity (Wildman–Crippen MR) is 92.8 cm³/mol. The Morgan fingerprint density at radius 3 is 2.29 bits per heavy atom. The van der Waals surface area contributed by atoms with Gasteiger partial charge in [0.1, 0.15) is 11.3 Å². The van der Waals surface area contributed by atoms with Gasteiger partial charge in [-0.1, -0.05) is 0 Å². The smallest absolute Gasteiger partial charge is 0.258 e. The number of nitrogens with one attached hydrogen (secondary N) is 1. The zero-order valence-electron chi connectivity index (χ0n) is 12.9. The van der Waals surface area contributed by atoms with Gasteiger partial charge in [-0.05, 0) is 42.5 Å². The van der Waals surface area contributed by atoms with Crippen molar-refractivity contribution in [3.63, 3.8) is 0 Å². The molecule has 1 aliphatic heterocycles. The third-order valence-corrected chi connectivity index (χ3v) is 4.03. The number of nitrogens with zero attached hydrogens (tertiary/aromatic N) is 1. The molecule has 118 valence electrons. The lowest BCUT2D eigenvalue weighted by molar-refractivity contribution is -0.119. The van der Waals surface area contributed by atoms with E-state index in [0.29, 0.717) is 5.69 Å². The predicted octanol–water partition coefficient (Wildman–Crippen LogP) is 3.57. The van der Waals surface area contributed by atoms with Gasteiger partial charge in [-0.15, -0.1) is 0 Å². The van der Waals surface area contributed by atoms with Crippen molar-refractivity contribution in [1.29, 1.82) is 0 Å². The van der Waals surface area contributed by atoms with Crippen LogP contribution in [0.5, 0.6) is 0 Å². The van der Waals surface area contributed by atoms with Crippen molar-refractivity contribution in [3.05, 3.63) is 60.7 Å². The van der Waals surface area contributed by atoms with Crippen molar-refractivity contribution < 1.29 is 14.0 Å². The molecule has 5 heteroatoms. The third kappa shape index (κ3) is 2.27. The zero-order chi connectivity index (χ0) is 16.7. The molecule has 0 bridgehead atoms. The molecule has 2 amide bonds. The van der Waals surface area contributed by atoms with E-state index in [9.17, 15) is 9.59 Å². The maximum Gasteiger partial charge on any atom is 0.258 e. The molecule has 0 radical (unpaired) electrons. The first kappa shape index (κ1) is 14.3. The fraction of sp³-hybridized carbons (Fsp3) is 0.0526.